The predicted octanol–water partition coefficient (Wildman–Crippen LogP) is 4.56. The molecular formula is C15H14BrN3OS. The largest absolute Gasteiger partial charge is 0.497 e. The second kappa shape index (κ2) is 5.99. The molecule has 0 atom stereocenters. The van der Waals surface area contributed by atoms with Gasteiger partial charge in [0.15, 0.2) is 5.82 Å². The van der Waals surface area contributed by atoms with E-state index in [0.29, 0.717) is 0 Å². The van der Waals surface area contributed by atoms with Crippen LogP contribution in [0.25, 0.3) is 22.3 Å². The van der Waals surface area contributed by atoms with Crippen molar-refractivity contribution < 1.29 is 4.74 Å². The highest BCUT2D eigenvalue weighted by atomic mass is 79.9. The van der Waals surface area contributed by atoms with Crippen LogP contribution in [-0.4, -0.2) is 23.6 Å². The molecule has 21 heavy (non-hydrogen) atoms. The van der Waals surface area contributed by atoms with E-state index in [2.05, 4.69) is 38.1 Å². The fraction of sp³-hybridized carbons (Fsp3) is 0.200. The van der Waals surface area contributed by atoms with Crippen LogP contribution >= 0.6 is 27.3 Å². The van der Waals surface area contributed by atoms with Crippen molar-refractivity contribution in [3.05, 3.63) is 33.4 Å². The maximum Gasteiger partial charge on any atom is 0.163 e. The van der Waals surface area contributed by atoms with Gasteiger partial charge < -0.3 is 10.1 Å². The van der Waals surface area contributed by atoms with Crippen molar-refractivity contribution >= 4 is 44.0 Å². The smallest absolute Gasteiger partial charge is 0.163 e. The molecule has 0 saturated heterocycles. The van der Waals surface area contributed by atoms with Crippen molar-refractivity contribution in [2.45, 2.75) is 6.92 Å². The van der Waals surface area contributed by atoms with E-state index in [1.807, 2.05) is 29.6 Å². The number of hydrogen-bond donors (Lipinski definition) is 1. The Bertz CT molecular complexity index is 788. The molecule has 3 rings (SSSR count). The highest BCUT2D eigenvalue weighted by molar-refractivity contribution is 9.11. The van der Waals surface area contributed by atoms with Crippen LogP contribution in [0.2, 0.25) is 0 Å². The zero-order chi connectivity index (χ0) is 14.8. The lowest BCUT2D eigenvalue weighted by Gasteiger charge is -2.10. The minimum absolute atomic E-state index is 0.727. The fourth-order valence-electron chi connectivity index (χ4n) is 2.09. The van der Waals surface area contributed by atoms with Crippen LogP contribution in [0.1, 0.15) is 6.92 Å². The summed E-state index contributed by atoms with van der Waals surface area (Å²) in [5.74, 6) is 2.36. The molecule has 2 heterocycles. The van der Waals surface area contributed by atoms with Crippen molar-refractivity contribution in [3.63, 3.8) is 0 Å². The highest BCUT2D eigenvalue weighted by Gasteiger charge is 2.11. The van der Waals surface area contributed by atoms with Crippen LogP contribution in [0.5, 0.6) is 5.75 Å². The van der Waals surface area contributed by atoms with Crippen LogP contribution in [0.4, 0.5) is 5.82 Å². The number of methoxy groups -OCH3 is 1. The van der Waals surface area contributed by atoms with E-state index in [4.69, 9.17) is 4.74 Å². The maximum atomic E-state index is 5.29. The summed E-state index contributed by atoms with van der Waals surface area (Å²) in [4.78, 5) is 9.31. The Morgan fingerprint density at radius 3 is 2.81 bits per heavy atom. The molecule has 108 valence electrons. The topological polar surface area (TPSA) is 47.0 Å². The van der Waals surface area contributed by atoms with Crippen LogP contribution in [-0.2, 0) is 0 Å². The summed E-state index contributed by atoms with van der Waals surface area (Å²) in [7, 11) is 1.66. The van der Waals surface area contributed by atoms with Gasteiger partial charge in [0, 0.05) is 22.9 Å². The first-order valence-corrected chi connectivity index (χ1v) is 8.22. The van der Waals surface area contributed by atoms with Crippen LogP contribution in [0.3, 0.4) is 0 Å². The Morgan fingerprint density at radius 1 is 1.29 bits per heavy atom. The molecule has 0 spiro atoms. The summed E-state index contributed by atoms with van der Waals surface area (Å²) in [6, 6.07) is 7.87. The van der Waals surface area contributed by atoms with Crippen molar-refractivity contribution in [1.82, 2.24) is 9.97 Å². The maximum absolute atomic E-state index is 5.29. The van der Waals surface area contributed by atoms with Gasteiger partial charge in [-0.3, -0.25) is 0 Å². The van der Waals surface area contributed by atoms with Gasteiger partial charge in [0.05, 0.1) is 16.4 Å². The third kappa shape index (κ3) is 2.87. The first kappa shape index (κ1) is 14.3. The van der Waals surface area contributed by atoms with Crippen LogP contribution < -0.4 is 10.1 Å². The molecule has 6 heteroatoms. The number of thiophene rings is 1. The SMILES string of the molecule is CCNc1nc(-c2csc(Br)c2)nc2ccc(OC)cc12. The van der Waals surface area contributed by atoms with Gasteiger partial charge in [0.25, 0.3) is 0 Å². The number of ether oxygens (including phenoxy) is 1. The summed E-state index contributed by atoms with van der Waals surface area (Å²) < 4.78 is 6.36. The molecule has 1 N–H and O–H groups in total. The van der Waals surface area contributed by atoms with Crippen molar-refractivity contribution in [1.29, 1.82) is 0 Å². The Morgan fingerprint density at radius 2 is 2.14 bits per heavy atom. The lowest BCUT2D eigenvalue weighted by atomic mass is 10.2. The Hall–Kier alpha value is -1.66. The predicted molar refractivity (Wildman–Crippen MR) is 91.3 cm³/mol. The first-order chi connectivity index (χ1) is 10.2. The van der Waals surface area contributed by atoms with Gasteiger partial charge in [-0.05, 0) is 47.1 Å². The van der Waals surface area contributed by atoms with Crippen LogP contribution in [0, 0.1) is 0 Å². The highest BCUT2D eigenvalue weighted by Crippen LogP contribution is 2.31. The van der Waals surface area contributed by atoms with Gasteiger partial charge in [-0.25, -0.2) is 9.97 Å². The normalized spacial score (nSPS) is 10.8. The third-order valence-electron chi connectivity index (χ3n) is 3.07. The number of benzene rings is 1. The number of halogens is 1. The lowest BCUT2D eigenvalue weighted by Crippen LogP contribution is -2.03. The molecule has 0 bridgehead atoms. The lowest BCUT2D eigenvalue weighted by molar-refractivity contribution is 0.415. The molecule has 0 saturated carbocycles. The molecular weight excluding hydrogens is 350 g/mol. The summed E-state index contributed by atoms with van der Waals surface area (Å²) in [6.07, 6.45) is 0. The average Bonchev–Trinajstić information content (AvgIpc) is 2.93. The van der Waals surface area contributed by atoms with Gasteiger partial charge >= 0.3 is 0 Å². The van der Waals surface area contributed by atoms with E-state index in [1.165, 1.54) is 0 Å². The zero-order valence-corrected chi connectivity index (χ0v) is 14.1. The molecule has 3 aromatic rings. The Labute approximate surface area is 135 Å². The molecule has 0 aliphatic carbocycles. The van der Waals surface area contributed by atoms with Crippen molar-refractivity contribution in [2.75, 3.05) is 19.0 Å². The third-order valence-corrected chi connectivity index (χ3v) is 4.58. The summed E-state index contributed by atoms with van der Waals surface area (Å²) in [5, 5.41) is 6.32. The monoisotopic (exact) mass is 363 g/mol. The summed E-state index contributed by atoms with van der Waals surface area (Å²) >= 11 is 5.10. The number of aromatic nitrogens is 2. The van der Waals surface area contributed by atoms with Crippen molar-refractivity contribution in [2.24, 2.45) is 0 Å². The number of hydrogen-bond acceptors (Lipinski definition) is 5. The van der Waals surface area contributed by atoms with Gasteiger partial charge in [0.1, 0.15) is 11.6 Å². The van der Waals surface area contributed by atoms with Gasteiger partial charge in [-0.15, -0.1) is 11.3 Å². The first-order valence-electron chi connectivity index (χ1n) is 6.55. The Balaban J connectivity index is 2.20. The quantitative estimate of drug-likeness (QED) is 0.737. The molecule has 4 nitrogen and oxygen atoms in total. The fourth-order valence-corrected chi connectivity index (χ4v) is 3.23. The number of anilines is 1. The number of rotatable bonds is 4. The summed E-state index contributed by atoms with van der Waals surface area (Å²) in [5.41, 5.74) is 1.92. The van der Waals surface area contributed by atoms with E-state index in [-0.39, 0.29) is 0 Å². The molecule has 2 aromatic heterocycles. The second-order valence-electron chi connectivity index (χ2n) is 4.45. The number of nitrogens with one attached hydrogen (secondary N) is 1. The van der Waals surface area contributed by atoms with E-state index >= 15 is 0 Å². The van der Waals surface area contributed by atoms with E-state index < -0.39 is 0 Å². The molecule has 0 radical (unpaired) electrons. The van der Waals surface area contributed by atoms with Gasteiger partial charge in [-0.1, -0.05) is 0 Å². The van der Waals surface area contributed by atoms with E-state index in [0.717, 1.165) is 44.2 Å². The molecule has 0 unspecified atom stereocenters. The molecule has 0 aliphatic rings. The zero-order valence-electron chi connectivity index (χ0n) is 11.7. The average molecular weight is 364 g/mol. The van der Waals surface area contributed by atoms with Crippen LogP contribution in [0.15, 0.2) is 33.4 Å². The number of fused-ring (bicyclic) bond motifs is 1. The standard InChI is InChI=1S/C15H14BrN3OS/c1-3-17-15-11-7-10(20-2)4-5-12(11)18-14(19-15)9-6-13(16)21-8-9/h4-8H,3H2,1-2H3,(H,17,18,19). The molecule has 1 aromatic carbocycles. The minimum Gasteiger partial charge on any atom is -0.497 e. The Kier molecular flexibility index (Phi) is 4.07. The molecule has 0 aliphatic heterocycles. The number of nitrogens with zero attached hydrogens (tertiary/aromatic N) is 2. The van der Waals surface area contributed by atoms with Crippen molar-refractivity contribution in [3.8, 4) is 17.1 Å². The molecule has 0 fully saturated rings. The molecule has 0 amide bonds. The minimum atomic E-state index is 0.727. The van der Waals surface area contributed by atoms with Gasteiger partial charge in [0.2, 0.25) is 0 Å². The van der Waals surface area contributed by atoms with E-state index in [1.54, 1.807) is 18.4 Å². The second-order valence-corrected chi connectivity index (χ2v) is 6.74. The van der Waals surface area contributed by atoms with E-state index in [9.17, 15) is 0 Å². The van der Waals surface area contributed by atoms with Gasteiger partial charge in [-0.2, -0.15) is 0 Å². The summed E-state index contributed by atoms with van der Waals surface area (Å²) in [6.45, 7) is 2.85.